The molecule has 0 aliphatic carbocycles. The molecule has 0 bridgehead atoms. The Morgan fingerprint density at radius 2 is 1.70 bits per heavy atom. The molecule has 0 fully saturated rings. The Bertz CT molecular complexity index is 527. The van der Waals surface area contributed by atoms with Gasteiger partial charge < -0.3 is 35.1 Å². The highest BCUT2D eigenvalue weighted by Gasteiger charge is 2.31. The van der Waals surface area contributed by atoms with Crippen molar-refractivity contribution in [1.29, 1.82) is 0 Å². The van der Waals surface area contributed by atoms with Crippen LogP contribution in [0.25, 0.3) is 0 Å². The van der Waals surface area contributed by atoms with Gasteiger partial charge in [0.1, 0.15) is 0 Å². The quantitative estimate of drug-likeness (QED) is 0.168. The molecular weight excluding hydrogens is 424 g/mol. The molecule has 1 amide bonds. The van der Waals surface area contributed by atoms with E-state index in [1.807, 2.05) is 13.8 Å². The van der Waals surface area contributed by atoms with Gasteiger partial charge in [0.25, 0.3) is 0 Å². The Balaban J connectivity index is 4.27. The maximum Gasteiger partial charge on any atom is 0.220 e. The molecule has 0 saturated carbocycles. The number of rotatable bonds is 19. The van der Waals surface area contributed by atoms with Crippen LogP contribution in [0.5, 0.6) is 0 Å². The number of likely N-dealkylation sites (N-methyl/N-ethyl adjacent to an activating group) is 1. The third-order valence-corrected chi connectivity index (χ3v) is 6.91. The van der Waals surface area contributed by atoms with E-state index in [1.165, 1.54) is 0 Å². The summed E-state index contributed by atoms with van der Waals surface area (Å²) in [6.45, 7) is 16.4. The zero-order valence-electron chi connectivity index (χ0n) is 22.6. The van der Waals surface area contributed by atoms with Crippen molar-refractivity contribution in [2.75, 3.05) is 33.9 Å². The number of nitrogens with one attached hydrogen (secondary N) is 2. The van der Waals surface area contributed by atoms with Gasteiger partial charge in [0, 0.05) is 20.1 Å². The van der Waals surface area contributed by atoms with Gasteiger partial charge in [-0.2, -0.15) is 0 Å². The Hall–Kier alpha value is -0.770. The van der Waals surface area contributed by atoms with Crippen molar-refractivity contribution in [1.82, 2.24) is 10.6 Å². The number of hydrogen-bond donors (Lipinski definition) is 4. The molecule has 0 aromatic carbocycles. The van der Waals surface area contributed by atoms with E-state index in [1.54, 1.807) is 14.2 Å². The van der Waals surface area contributed by atoms with Crippen LogP contribution in [0.15, 0.2) is 0 Å². The lowest BCUT2D eigenvalue weighted by molar-refractivity contribution is -0.123. The van der Waals surface area contributed by atoms with Crippen LogP contribution in [0, 0.1) is 11.8 Å². The van der Waals surface area contributed by atoms with E-state index >= 15 is 0 Å². The van der Waals surface area contributed by atoms with E-state index in [9.17, 15) is 15.0 Å². The smallest absolute Gasteiger partial charge is 0.220 e. The molecule has 0 heterocycles. The summed E-state index contributed by atoms with van der Waals surface area (Å²) in [4.78, 5) is 11.9. The Kier molecular flexibility index (Phi) is 15.6. The molecule has 33 heavy (non-hydrogen) atoms. The fourth-order valence-corrected chi connectivity index (χ4v) is 3.73. The van der Waals surface area contributed by atoms with Crippen LogP contribution >= 0.6 is 0 Å². The van der Waals surface area contributed by atoms with Crippen LogP contribution in [-0.4, -0.2) is 79.7 Å². The number of hydrogen-bond acceptors (Lipinski definition) is 7. The van der Waals surface area contributed by atoms with E-state index in [2.05, 4.69) is 45.3 Å². The number of methoxy groups -OCH3 is 1. The first-order chi connectivity index (χ1) is 15.3. The minimum atomic E-state index is -1.48. The van der Waals surface area contributed by atoms with Crippen LogP contribution in [0.2, 0.25) is 0 Å². The van der Waals surface area contributed by atoms with Gasteiger partial charge in [-0.3, -0.25) is 4.79 Å². The molecule has 8 heteroatoms. The summed E-state index contributed by atoms with van der Waals surface area (Å²) in [5, 5.41) is 24.0. The number of ether oxygens (including phenoxy) is 3. The highest BCUT2D eigenvalue weighted by atomic mass is 16.5. The van der Waals surface area contributed by atoms with E-state index in [0.717, 1.165) is 19.3 Å². The maximum atomic E-state index is 11.9. The van der Waals surface area contributed by atoms with E-state index < -0.39 is 12.3 Å². The van der Waals surface area contributed by atoms with Crippen molar-refractivity contribution in [3.05, 3.63) is 0 Å². The molecular formula is C25H52N2O6. The van der Waals surface area contributed by atoms with Crippen molar-refractivity contribution in [2.24, 2.45) is 11.8 Å². The zero-order chi connectivity index (χ0) is 25.7. The first-order valence-electron chi connectivity index (χ1n) is 12.4. The van der Waals surface area contributed by atoms with Crippen LogP contribution < -0.4 is 10.6 Å². The number of aliphatic hydroxyl groups excluding tert-OH is 1. The summed E-state index contributed by atoms with van der Waals surface area (Å²) in [6.07, 6.45) is 2.23. The molecule has 0 saturated heterocycles. The van der Waals surface area contributed by atoms with Crippen LogP contribution in [0.4, 0.5) is 0 Å². The van der Waals surface area contributed by atoms with Gasteiger partial charge in [0.05, 0.1) is 36.6 Å². The number of aliphatic hydroxyl groups is 2. The predicted octanol–water partition coefficient (Wildman–Crippen LogP) is 2.85. The molecule has 0 aromatic rings. The lowest BCUT2D eigenvalue weighted by atomic mass is 9.81. The standard InChI is InChI=1S/C25H52N2O6/c1-10-20(19(3)31-9)17-18(2)25(6,7)33-15-13-24(4,5)32-16-14-27-22(28)12-11-21(26-8)23(29)30/h18-21,23,26,29-30H,10-17H2,1-9H3,(H,27,28). The summed E-state index contributed by atoms with van der Waals surface area (Å²) in [5.41, 5.74) is -0.600. The average Bonchev–Trinajstić information content (AvgIpc) is 2.74. The van der Waals surface area contributed by atoms with Crippen molar-refractivity contribution < 1.29 is 29.2 Å². The summed E-state index contributed by atoms with van der Waals surface area (Å²) < 4.78 is 17.8. The summed E-state index contributed by atoms with van der Waals surface area (Å²) >= 11 is 0. The van der Waals surface area contributed by atoms with Crippen molar-refractivity contribution in [2.45, 2.75) is 110 Å². The predicted molar refractivity (Wildman–Crippen MR) is 132 cm³/mol. The molecule has 0 spiro atoms. The Labute approximate surface area is 202 Å². The first kappa shape index (κ1) is 32.2. The fourth-order valence-electron chi connectivity index (χ4n) is 3.73. The summed E-state index contributed by atoms with van der Waals surface area (Å²) in [7, 11) is 3.40. The largest absolute Gasteiger partial charge is 0.381 e. The van der Waals surface area contributed by atoms with E-state index in [-0.39, 0.29) is 29.6 Å². The van der Waals surface area contributed by atoms with Crippen molar-refractivity contribution >= 4 is 5.91 Å². The third kappa shape index (κ3) is 13.6. The second kappa shape index (κ2) is 16.0. The second-order valence-corrected chi connectivity index (χ2v) is 10.3. The minimum Gasteiger partial charge on any atom is -0.381 e. The Morgan fingerprint density at radius 3 is 2.21 bits per heavy atom. The normalized spacial score (nSPS) is 16.5. The average molecular weight is 477 g/mol. The topological polar surface area (TPSA) is 109 Å². The zero-order valence-corrected chi connectivity index (χ0v) is 22.6. The summed E-state index contributed by atoms with van der Waals surface area (Å²) in [5.74, 6) is 0.777. The first-order valence-corrected chi connectivity index (χ1v) is 12.4. The second-order valence-electron chi connectivity index (χ2n) is 10.3. The minimum absolute atomic E-state index is 0.135. The van der Waals surface area contributed by atoms with Gasteiger partial charge >= 0.3 is 0 Å². The van der Waals surface area contributed by atoms with Crippen LogP contribution in [0.3, 0.4) is 0 Å². The number of carbonyl (C=O) groups excluding carboxylic acids is 1. The van der Waals surface area contributed by atoms with Gasteiger partial charge in [0.15, 0.2) is 6.29 Å². The molecule has 0 aliphatic rings. The summed E-state index contributed by atoms with van der Waals surface area (Å²) in [6, 6.07) is -0.519. The molecule has 4 unspecified atom stereocenters. The molecule has 4 N–H and O–H groups in total. The van der Waals surface area contributed by atoms with Crippen LogP contribution in [0.1, 0.15) is 80.6 Å². The highest BCUT2D eigenvalue weighted by molar-refractivity contribution is 5.75. The lowest BCUT2D eigenvalue weighted by Gasteiger charge is -2.36. The van der Waals surface area contributed by atoms with Gasteiger partial charge in [-0.15, -0.1) is 0 Å². The molecule has 8 nitrogen and oxygen atoms in total. The molecule has 0 radical (unpaired) electrons. The highest BCUT2D eigenvalue weighted by Crippen LogP contribution is 2.31. The Morgan fingerprint density at radius 1 is 1.06 bits per heavy atom. The van der Waals surface area contributed by atoms with Crippen molar-refractivity contribution in [3.8, 4) is 0 Å². The molecule has 0 aromatic heterocycles. The van der Waals surface area contributed by atoms with Gasteiger partial charge in [0.2, 0.25) is 5.91 Å². The molecule has 4 atom stereocenters. The third-order valence-electron chi connectivity index (χ3n) is 6.91. The lowest BCUT2D eigenvalue weighted by Crippen LogP contribution is -2.39. The number of amides is 1. The SMILES string of the molecule is CCC(CC(C)C(C)(C)OCCC(C)(C)OCCNC(=O)CCC(NC)C(O)O)C(C)OC. The monoisotopic (exact) mass is 476 g/mol. The van der Waals surface area contributed by atoms with Crippen molar-refractivity contribution in [3.63, 3.8) is 0 Å². The van der Waals surface area contributed by atoms with E-state index in [4.69, 9.17) is 14.2 Å². The van der Waals surface area contributed by atoms with Gasteiger partial charge in [-0.1, -0.05) is 20.3 Å². The van der Waals surface area contributed by atoms with Gasteiger partial charge in [-0.25, -0.2) is 0 Å². The molecule has 198 valence electrons. The number of carbonyl (C=O) groups is 1. The molecule has 0 rings (SSSR count). The van der Waals surface area contributed by atoms with Gasteiger partial charge in [-0.05, 0) is 72.8 Å². The molecule has 0 aliphatic heterocycles. The fraction of sp³-hybridized carbons (Fsp3) is 0.960. The van der Waals surface area contributed by atoms with E-state index in [0.29, 0.717) is 38.0 Å². The maximum absolute atomic E-state index is 11.9. The van der Waals surface area contributed by atoms with Crippen LogP contribution in [-0.2, 0) is 19.0 Å².